The second-order valence-electron chi connectivity index (χ2n) is 4.18. The van der Waals surface area contributed by atoms with Gasteiger partial charge in [-0.3, -0.25) is 4.79 Å². The maximum absolute atomic E-state index is 11.8. The molecule has 0 spiro atoms. The Morgan fingerprint density at radius 3 is 2.47 bits per heavy atom. The van der Waals surface area contributed by atoms with Crippen molar-refractivity contribution in [1.29, 1.82) is 0 Å². The Kier molecular flexibility index (Phi) is 5.70. The van der Waals surface area contributed by atoms with Crippen molar-refractivity contribution in [2.75, 3.05) is 19.8 Å². The van der Waals surface area contributed by atoms with Gasteiger partial charge in [-0.05, 0) is 39.3 Å². The van der Waals surface area contributed by atoms with Crippen LogP contribution in [-0.4, -0.2) is 25.7 Å². The van der Waals surface area contributed by atoms with E-state index in [9.17, 15) is 4.79 Å². The summed E-state index contributed by atoms with van der Waals surface area (Å²) < 4.78 is 5.21. The Morgan fingerprint density at radius 1 is 1.24 bits per heavy atom. The van der Waals surface area contributed by atoms with Gasteiger partial charge in [-0.2, -0.15) is 0 Å². The summed E-state index contributed by atoms with van der Waals surface area (Å²) in [5.74, 6) is -0.00621. The molecule has 94 valence electrons. The number of carbonyl (C=O) groups excluding carboxylic acids is 1. The normalized spacial score (nSPS) is 10.3. The van der Waals surface area contributed by atoms with Crippen molar-refractivity contribution in [2.24, 2.45) is 0 Å². The molecule has 3 heteroatoms. The molecular formula is C14H21NO2. The van der Waals surface area contributed by atoms with Crippen LogP contribution in [0.5, 0.6) is 0 Å². The Bertz CT molecular complexity index is 354. The van der Waals surface area contributed by atoms with E-state index in [-0.39, 0.29) is 5.91 Å². The number of hydrogen-bond acceptors (Lipinski definition) is 2. The van der Waals surface area contributed by atoms with Crippen LogP contribution in [0.25, 0.3) is 0 Å². The predicted octanol–water partition coefficient (Wildman–Crippen LogP) is 2.46. The van der Waals surface area contributed by atoms with Crippen LogP contribution in [0, 0.1) is 13.8 Å². The third-order valence-corrected chi connectivity index (χ3v) is 2.44. The molecule has 0 aliphatic rings. The van der Waals surface area contributed by atoms with Gasteiger partial charge < -0.3 is 10.1 Å². The highest BCUT2D eigenvalue weighted by Crippen LogP contribution is 2.08. The molecule has 0 fully saturated rings. The molecule has 0 heterocycles. The molecule has 17 heavy (non-hydrogen) atoms. The highest BCUT2D eigenvalue weighted by Gasteiger charge is 2.05. The molecule has 0 saturated carbocycles. The van der Waals surface area contributed by atoms with E-state index >= 15 is 0 Å². The summed E-state index contributed by atoms with van der Waals surface area (Å²) in [6.45, 7) is 8.05. The summed E-state index contributed by atoms with van der Waals surface area (Å²) in [6.07, 6.45) is 0.852. The van der Waals surface area contributed by atoms with E-state index in [0.717, 1.165) is 29.7 Å². The summed E-state index contributed by atoms with van der Waals surface area (Å²) in [4.78, 5) is 11.8. The number of carbonyl (C=O) groups is 1. The first kappa shape index (κ1) is 13.7. The van der Waals surface area contributed by atoms with Crippen molar-refractivity contribution in [1.82, 2.24) is 5.32 Å². The molecule has 1 aromatic rings. The number of nitrogens with one attached hydrogen (secondary N) is 1. The van der Waals surface area contributed by atoms with Gasteiger partial charge in [0.25, 0.3) is 5.91 Å². The fraction of sp³-hybridized carbons (Fsp3) is 0.500. The van der Waals surface area contributed by atoms with Crippen LogP contribution in [-0.2, 0) is 4.74 Å². The van der Waals surface area contributed by atoms with E-state index in [0.29, 0.717) is 13.2 Å². The minimum Gasteiger partial charge on any atom is -0.382 e. The number of amides is 1. The Hall–Kier alpha value is -1.35. The molecule has 1 amide bonds. The quantitative estimate of drug-likeness (QED) is 0.769. The lowest BCUT2D eigenvalue weighted by molar-refractivity contribution is 0.0944. The molecular weight excluding hydrogens is 214 g/mol. The Labute approximate surface area is 103 Å². The van der Waals surface area contributed by atoms with Gasteiger partial charge in [-0.1, -0.05) is 17.2 Å². The van der Waals surface area contributed by atoms with E-state index in [1.807, 2.05) is 32.9 Å². The molecule has 1 rings (SSSR count). The van der Waals surface area contributed by atoms with E-state index in [1.54, 1.807) is 0 Å². The van der Waals surface area contributed by atoms with Crippen LogP contribution in [0.2, 0.25) is 0 Å². The standard InChI is InChI=1S/C14H21NO2/c1-4-17-7-5-6-15-14(16)13-9-11(2)8-12(3)10-13/h8-10H,4-7H2,1-3H3,(H,15,16). The lowest BCUT2D eigenvalue weighted by Gasteiger charge is -2.07. The lowest BCUT2D eigenvalue weighted by Crippen LogP contribution is -2.25. The number of rotatable bonds is 6. The highest BCUT2D eigenvalue weighted by atomic mass is 16.5. The fourth-order valence-electron chi connectivity index (χ4n) is 1.73. The minimum atomic E-state index is -0.00621. The van der Waals surface area contributed by atoms with E-state index in [2.05, 4.69) is 11.4 Å². The third-order valence-electron chi connectivity index (χ3n) is 2.44. The lowest BCUT2D eigenvalue weighted by atomic mass is 10.1. The van der Waals surface area contributed by atoms with Gasteiger partial charge in [-0.25, -0.2) is 0 Å². The first-order chi connectivity index (χ1) is 8.13. The largest absolute Gasteiger partial charge is 0.382 e. The van der Waals surface area contributed by atoms with Crippen LogP contribution in [0.3, 0.4) is 0 Å². The summed E-state index contributed by atoms with van der Waals surface area (Å²) in [7, 11) is 0. The van der Waals surface area contributed by atoms with Crippen LogP contribution in [0.15, 0.2) is 18.2 Å². The molecule has 0 aromatic heterocycles. The molecule has 0 aliphatic heterocycles. The van der Waals surface area contributed by atoms with E-state index in [1.165, 1.54) is 0 Å². The molecule has 3 nitrogen and oxygen atoms in total. The first-order valence-corrected chi connectivity index (χ1v) is 6.07. The van der Waals surface area contributed by atoms with Gasteiger partial charge in [0.15, 0.2) is 0 Å². The van der Waals surface area contributed by atoms with E-state index < -0.39 is 0 Å². The van der Waals surface area contributed by atoms with Gasteiger partial charge in [0.05, 0.1) is 0 Å². The van der Waals surface area contributed by atoms with Crippen molar-refractivity contribution >= 4 is 5.91 Å². The average Bonchev–Trinajstić information content (AvgIpc) is 2.27. The monoisotopic (exact) mass is 235 g/mol. The van der Waals surface area contributed by atoms with Gasteiger partial charge >= 0.3 is 0 Å². The zero-order chi connectivity index (χ0) is 12.7. The molecule has 0 saturated heterocycles. The first-order valence-electron chi connectivity index (χ1n) is 6.07. The molecule has 1 aromatic carbocycles. The molecule has 0 unspecified atom stereocenters. The average molecular weight is 235 g/mol. The van der Waals surface area contributed by atoms with Gasteiger partial charge in [0.2, 0.25) is 0 Å². The SMILES string of the molecule is CCOCCCNC(=O)c1cc(C)cc(C)c1. The second-order valence-corrected chi connectivity index (χ2v) is 4.18. The van der Waals surface area contributed by atoms with Gasteiger partial charge in [-0.15, -0.1) is 0 Å². The van der Waals surface area contributed by atoms with Crippen LogP contribution < -0.4 is 5.32 Å². The number of hydrogen-bond donors (Lipinski definition) is 1. The topological polar surface area (TPSA) is 38.3 Å². The maximum Gasteiger partial charge on any atom is 0.251 e. The van der Waals surface area contributed by atoms with Crippen LogP contribution in [0.1, 0.15) is 34.8 Å². The van der Waals surface area contributed by atoms with E-state index in [4.69, 9.17) is 4.74 Å². The second kappa shape index (κ2) is 7.07. The van der Waals surface area contributed by atoms with Crippen molar-refractivity contribution in [2.45, 2.75) is 27.2 Å². The summed E-state index contributed by atoms with van der Waals surface area (Å²) in [6, 6.07) is 5.88. The van der Waals surface area contributed by atoms with Crippen LogP contribution in [0.4, 0.5) is 0 Å². The van der Waals surface area contributed by atoms with Crippen molar-refractivity contribution in [3.05, 3.63) is 34.9 Å². The van der Waals surface area contributed by atoms with Gasteiger partial charge in [0.1, 0.15) is 0 Å². The Balaban J connectivity index is 2.41. The third kappa shape index (κ3) is 5.00. The summed E-state index contributed by atoms with van der Waals surface area (Å²) in [5.41, 5.74) is 2.97. The fourth-order valence-corrected chi connectivity index (χ4v) is 1.73. The number of ether oxygens (including phenoxy) is 1. The molecule has 0 atom stereocenters. The smallest absolute Gasteiger partial charge is 0.251 e. The molecule has 0 bridgehead atoms. The minimum absolute atomic E-state index is 0.00621. The zero-order valence-electron chi connectivity index (χ0n) is 10.9. The molecule has 0 aliphatic carbocycles. The van der Waals surface area contributed by atoms with Crippen molar-refractivity contribution < 1.29 is 9.53 Å². The number of benzene rings is 1. The summed E-state index contributed by atoms with van der Waals surface area (Å²) >= 11 is 0. The van der Waals surface area contributed by atoms with Crippen molar-refractivity contribution in [3.8, 4) is 0 Å². The number of aryl methyl sites for hydroxylation is 2. The zero-order valence-corrected chi connectivity index (χ0v) is 10.9. The highest BCUT2D eigenvalue weighted by molar-refractivity contribution is 5.94. The molecule has 0 radical (unpaired) electrons. The van der Waals surface area contributed by atoms with Crippen LogP contribution >= 0.6 is 0 Å². The van der Waals surface area contributed by atoms with Crippen molar-refractivity contribution in [3.63, 3.8) is 0 Å². The Morgan fingerprint density at radius 2 is 1.88 bits per heavy atom. The van der Waals surface area contributed by atoms with Gasteiger partial charge in [0, 0.05) is 25.3 Å². The predicted molar refractivity (Wildman–Crippen MR) is 69.4 cm³/mol. The maximum atomic E-state index is 11.8. The molecule has 1 N–H and O–H groups in total. The summed E-state index contributed by atoms with van der Waals surface area (Å²) in [5, 5.41) is 2.89.